The average Bonchev–Trinajstić information content (AvgIpc) is 3.06. The molecule has 0 fully saturated rings. The van der Waals surface area contributed by atoms with Gasteiger partial charge >= 0.3 is 5.69 Å². The Kier molecular flexibility index (Phi) is 4.86. The second kappa shape index (κ2) is 6.71. The molecular weight excluding hydrogens is 330 g/mol. The number of aryl methyl sites for hydroxylation is 3. The van der Waals surface area contributed by atoms with Crippen LogP contribution >= 0.6 is 0 Å². The lowest BCUT2D eigenvalue weighted by Crippen LogP contribution is -2.27. The summed E-state index contributed by atoms with van der Waals surface area (Å²) in [5.41, 5.74) is -0.0639. The van der Waals surface area contributed by atoms with E-state index in [1.807, 2.05) is 0 Å². The molecule has 0 radical (unpaired) electrons. The number of rotatable bonds is 5. The van der Waals surface area contributed by atoms with E-state index in [4.69, 9.17) is 0 Å². The number of nitrogens with one attached hydrogen (secondary N) is 1. The molecule has 11 heteroatoms. The summed E-state index contributed by atoms with van der Waals surface area (Å²) in [6.45, 7) is 3.68. The van der Waals surface area contributed by atoms with Gasteiger partial charge in [-0.1, -0.05) is 0 Å². The molecular formula is C14H19N7O4. The Labute approximate surface area is 143 Å². The van der Waals surface area contributed by atoms with Crippen molar-refractivity contribution in [3.63, 3.8) is 0 Å². The number of nitro groups is 1. The Hall–Kier alpha value is -3.24. The van der Waals surface area contributed by atoms with Gasteiger partial charge in [-0.05, 0) is 13.8 Å². The van der Waals surface area contributed by atoms with Crippen molar-refractivity contribution in [1.29, 1.82) is 0 Å². The van der Waals surface area contributed by atoms with E-state index < -0.39 is 10.8 Å². The first kappa shape index (κ1) is 18.1. The number of carbonyl (C=O) groups is 2. The molecule has 0 bridgehead atoms. The molecule has 25 heavy (non-hydrogen) atoms. The fourth-order valence-corrected chi connectivity index (χ4v) is 2.46. The Morgan fingerprint density at radius 1 is 1.36 bits per heavy atom. The van der Waals surface area contributed by atoms with E-state index in [9.17, 15) is 19.7 Å². The summed E-state index contributed by atoms with van der Waals surface area (Å²) in [5.74, 6) is -1.08. The summed E-state index contributed by atoms with van der Waals surface area (Å²) in [5, 5.41) is 21.7. The summed E-state index contributed by atoms with van der Waals surface area (Å²) in [6, 6.07) is 0. The number of nitrogens with zero attached hydrogens (tertiary/aromatic N) is 6. The molecule has 0 saturated carbocycles. The van der Waals surface area contributed by atoms with Crippen LogP contribution < -0.4 is 5.32 Å². The van der Waals surface area contributed by atoms with E-state index in [-0.39, 0.29) is 34.4 Å². The van der Waals surface area contributed by atoms with Gasteiger partial charge in [-0.3, -0.25) is 29.1 Å². The first-order valence-electron chi connectivity index (χ1n) is 7.45. The van der Waals surface area contributed by atoms with Crippen LogP contribution in [0.1, 0.15) is 33.6 Å². The normalized spacial score (nSPS) is 10.6. The number of hydrogen-bond donors (Lipinski definition) is 1. The van der Waals surface area contributed by atoms with E-state index in [0.29, 0.717) is 6.54 Å². The molecule has 0 spiro atoms. The number of aromatic nitrogens is 4. The van der Waals surface area contributed by atoms with Gasteiger partial charge in [0, 0.05) is 27.7 Å². The van der Waals surface area contributed by atoms with Crippen LogP contribution in [0.15, 0.2) is 6.20 Å². The molecule has 134 valence electrons. The zero-order valence-corrected chi connectivity index (χ0v) is 14.6. The molecule has 0 unspecified atom stereocenters. The fourth-order valence-electron chi connectivity index (χ4n) is 2.46. The highest BCUT2D eigenvalue weighted by atomic mass is 16.6. The smallest absolute Gasteiger partial charge is 0.322 e. The molecule has 2 aromatic rings. The van der Waals surface area contributed by atoms with E-state index >= 15 is 0 Å². The molecule has 2 amide bonds. The SMILES string of the molecule is CCn1ncc(NC(=O)c2c([N+](=O)[O-])c(C)nn2C)c1C(=O)N(C)C. The zero-order chi connectivity index (χ0) is 18.9. The number of anilines is 1. The average molecular weight is 349 g/mol. The molecule has 11 nitrogen and oxygen atoms in total. The van der Waals surface area contributed by atoms with Crippen molar-refractivity contribution in [3.8, 4) is 0 Å². The standard InChI is InChI=1S/C14H19N7O4/c1-6-20-11(14(23)18(3)4)9(7-15-20)16-13(22)12-10(21(24)25)8(2)17-19(12)5/h7H,6H2,1-5H3,(H,16,22). The molecule has 0 aliphatic heterocycles. The third-order valence-corrected chi connectivity index (χ3v) is 3.58. The highest BCUT2D eigenvalue weighted by Crippen LogP contribution is 2.24. The second-order valence-corrected chi connectivity index (χ2v) is 5.54. The van der Waals surface area contributed by atoms with E-state index in [1.54, 1.807) is 21.0 Å². The number of hydrogen-bond acceptors (Lipinski definition) is 6. The van der Waals surface area contributed by atoms with E-state index in [2.05, 4.69) is 15.5 Å². The van der Waals surface area contributed by atoms with Crippen LogP contribution in [0, 0.1) is 17.0 Å². The van der Waals surface area contributed by atoms with Crippen molar-refractivity contribution in [2.75, 3.05) is 19.4 Å². The van der Waals surface area contributed by atoms with Crippen LogP contribution in [0.3, 0.4) is 0 Å². The molecule has 0 aliphatic carbocycles. The van der Waals surface area contributed by atoms with Gasteiger partial charge in [0.2, 0.25) is 5.69 Å². The maximum atomic E-state index is 12.6. The van der Waals surface area contributed by atoms with Gasteiger partial charge in [0.1, 0.15) is 11.4 Å². The molecule has 0 aliphatic rings. The van der Waals surface area contributed by atoms with Crippen molar-refractivity contribution in [1.82, 2.24) is 24.5 Å². The third kappa shape index (κ3) is 3.20. The van der Waals surface area contributed by atoms with Crippen molar-refractivity contribution >= 4 is 23.2 Å². The molecule has 2 rings (SSSR count). The zero-order valence-electron chi connectivity index (χ0n) is 14.6. The van der Waals surface area contributed by atoms with Gasteiger partial charge in [0.25, 0.3) is 11.8 Å². The minimum absolute atomic E-state index is 0.131. The summed E-state index contributed by atoms with van der Waals surface area (Å²) in [6.07, 6.45) is 1.34. The Morgan fingerprint density at radius 3 is 2.52 bits per heavy atom. The van der Waals surface area contributed by atoms with Gasteiger partial charge in [-0.2, -0.15) is 10.2 Å². The van der Waals surface area contributed by atoms with Crippen molar-refractivity contribution in [2.45, 2.75) is 20.4 Å². The highest BCUT2D eigenvalue weighted by Gasteiger charge is 2.30. The lowest BCUT2D eigenvalue weighted by atomic mass is 10.2. The lowest BCUT2D eigenvalue weighted by Gasteiger charge is -2.13. The van der Waals surface area contributed by atoms with Gasteiger partial charge < -0.3 is 10.2 Å². The highest BCUT2D eigenvalue weighted by molar-refractivity contribution is 6.09. The number of amides is 2. The molecule has 0 aromatic carbocycles. The van der Waals surface area contributed by atoms with E-state index in [1.165, 1.54) is 29.7 Å². The second-order valence-electron chi connectivity index (χ2n) is 5.54. The lowest BCUT2D eigenvalue weighted by molar-refractivity contribution is -0.385. The van der Waals surface area contributed by atoms with Crippen LogP contribution in [0.4, 0.5) is 11.4 Å². The summed E-state index contributed by atoms with van der Waals surface area (Å²) in [4.78, 5) is 36.9. The first-order chi connectivity index (χ1) is 11.7. The molecule has 0 atom stereocenters. The molecule has 2 aromatic heterocycles. The van der Waals surface area contributed by atoms with Crippen LogP contribution in [-0.2, 0) is 13.6 Å². The van der Waals surface area contributed by atoms with E-state index in [0.717, 1.165) is 4.68 Å². The quantitative estimate of drug-likeness (QED) is 0.628. The van der Waals surface area contributed by atoms with Crippen LogP contribution in [0.5, 0.6) is 0 Å². The van der Waals surface area contributed by atoms with Gasteiger partial charge in [0.15, 0.2) is 0 Å². The largest absolute Gasteiger partial charge is 0.343 e. The maximum absolute atomic E-state index is 12.6. The number of carbonyl (C=O) groups excluding carboxylic acids is 2. The maximum Gasteiger partial charge on any atom is 0.322 e. The third-order valence-electron chi connectivity index (χ3n) is 3.58. The Morgan fingerprint density at radius 2 is 2.00 bits per heavy atom. The van der Waals surface area contributed by atoms with Gasteiger partial charge in [-0.25, -0.2) is 0 Å². The predicted molar refractivity (Wildman–Crippen MR) is 88.5 cm³/mol. The topological polar surface area (TPSA) is 128 Å². The first-order valence-corrected chi connectivity index (χ1v) is 7.45. The van der Waals surface area contributed by atoms with Crippen LogP contribution in [0.2, 0.25) is 0 Å². The van der Waals surface area contributed by atoms with Crippen molar-refractivity contribution in [2.24, 2.45) is 7.05 Å². The minimum atomic E-state index is -0.738. The Bertz CT molecular complexity index is 850. The monoisotopic (exact) mass is 349 g/mol. The molecule has 0 saturated heterocycles. The van der Waals surface area contributed by atoms with Crippen molar-refractivity contribution < 1.29 is 14.5 Å². The van der Waals surface area contributed by atoms with Crippen LogP contribution in [0.25, 0.3) is 0 Å². The molecule has 1 N–H and O–H groups in total. The Balaban J connectivity index is 2.45. The fraction of sp³-hybridized carbons (Fsp3) is 0.429. The van der Waals surface area contributed by atoms with Crippen LogP contribution in [-0.4, -0.2) is 55.3 Å². The summed E-state index contributed by atoms with van der Waals surface area (Å²) >= 11 is 0. The predicted octanol–water partition coefficient (Wildman–Crippen LogP) is 0.807. The van der Waals surface area contributed by atoms with Gasteiger partial charge in [-0.15, -0.1) is 0 Å². The van der Waals surface area contributed by atoms with Gasteiger partial charge in [0.05, 0.1) is 16.8 Å². The minimum Gasteiger partial charge on any atom is -0.343 e. The van der Waals surface area contributed by atoms with Crippen molar-refractivity contribution in [3.05, 3.63) is 33.4 Å². The summed E-state index contributed by atoms with van der Waals surface area (Å²) < 4.78 is 2.58. The summed E-state index contributed by atoms with van der Waals surface area (Å²) in [7, 11) is 4.60. The molecule has 2 heterocycles.